The quantitative estimate of drug-likeness (QED) is 0.737. The molecule has 150 valence electrons. The van der Waals surface area contributed by atoms with Crippen molar-refractivity contribution in [1.29, 1.82) is 0 Å². The van der Waals surface area contributed by atoms with Gasteiger partial charge in [0, 0.05) is 18.8 Å². The number of nitrogens with zero attached hydrogens (tertiary/aromatic N) is 1. The molecule has 0 aliphatic carbocycles. The molecule has 2 N–H and O–H groups in total. The lowest BCUT2D eigenvalue weighted by Gasteiger charge is -2.22. The first-order valence-corrected chi connectivity index (χ1v) is 9.63. The molecule has 1 fully saturated rings. The Hall–Kier alpha value is -2.08. The van der Waals surface area contributed by atoms with E-state index in [1.54, 1.807) is 23.1 Å². The van der Waals surface area contributed by atoms with Crippen LogP contribution in [0.1, 0.15) is 35.7 Å². The van der Waals surface area contributed by atoms with Crippen molar-refractivity contribution >= 4 is 41.5 Å². The van der Waals surface area contributed by atoms with E-state index < -0.39 is 0 Å². The van der Waals surface area contributed by atoms with Gasteiger partial charge >= 0.3 is 0 Å². The summed E-state index contributed by atoms with van der Waals surface area (Å²) in [6.07, 6.45) is 1.82. The highest BCUT2D eigenvalue weighted by Crippen LogP contribution is 2.23. The SMILES string of the molecule is CCN(Cc1ccccc1)C(=O)c1cc(NC(=O)C2CCCN2)ccc1Cl.Cl. The van der Waals surface area contributed by atoms with Crippen molar-refractivity contribution in [2.75, 3.05) is 18.4 Å². The molecule has 1 aliphatic rings. The molecule has 3 rings (SSSR count). The predicted octanol–water partition coefficient (Wildman–Crippen LogP) is 4.11. The summed E-state index contributed by atoms with van der Waals surface area (Å²) in [7, 11) is 0. The lowest BCUT2D eigenvalue weighted by molar-refractivity contribution is -0.117. The number of halogens is 2. The summed E-state index contributed by atoms with van der Waals surface area (Å²) in [4.78, 5) is 27.1. The molecule has 1 atom stereocenters. The Bertz CT molecular complexity index is 809. The minimum absolute atomic E-state index is 0. The van der Waals surface area contributed by atoms with E-state index in [2.05, 4.69) is 10.6 Å². The Morgan fingerprint density at radius 3 is 2.61 bits per heavy atom. The van der Waals surface area contributed by atoms with Crippen molar-refractivity contribution in [3.05, 3.63) is 64.7 Å². The topological polar surface area (TPSA) is 61.4 Å². The Morgan fingerprint density at radius 2 is 1.96 bits per heavy atom. The van der Waals surface area contributed by atoms with E-state index in [0.717, 1.165) is 24.9 Å². The number of anilines is 1. The normalized spacial score (nSPS) is 15.6. The maximum atomic E-state index is 13.0. The zero-order valence-electron chi connectivity index (χ0n) is 15.8. The van der Waals surface area contributed by atoms with Gasteiger partial charge in [-0.3, -0.25) is 9.59 Å². The van der Waals surface area contributed by atoms with Gasteiger partial charge < -0.3 is 15.5 Å². The van der Waals surface area contributed by atoms with Crippen molar-refractivity contribution < 1.29 is 9.59 Å². The molecule has 0 radical (unpaired) electrons. The van der Waals surface area contributed by atoms with Crippen molar-refractivity contribution in [3.63, 3.8) is 0 Å². The van der Waals surface area contributed by atoms with Gasteiger partial charge in [-0.05, 0) is 50.1 Å². The Morgan fingerprint density at radius 1 is 1.21 bits per heavy atom. The van der Waals surface area contributed by atoms with E-state index >= 15 is 0 Å². The van der Waals surface area contributed by atoms with Gasteiger partial charge in [0.2, 0.25) is 5.91 Å². The zero-order valence-corrected chi connectivity index (χ0v) is 17.4. The van der Waals surface area contributed by atoms with E-state index in [-0.39, 0.29) is 30.3 Å². The van der Waals surface area contributed by atoms with Crippen LogP contribution in [-0.2, 0) is 11.3 Å². The van der Waals surface area contributed by atoms with Gasteiger partial charge in [-0.1, -0.05) is 41.9 Å². The number of rotatable bonds is 6. The second kappa shape index (κ2) is 10.5. The van der Waals surface area contributed by atoms with E-state index in [9.17, 15) is 9.59 Å². The minimum atomic E-state index is -0.176. The number of nitrogens with one attached hydrogen (secondary N) is 2. The predicted molar refractivity (Wildman–Crippen MR) is 115 cm³/mol. The van der Waals surface area contributed by atoms with Crippen LogP contribution in [0.4, 0.5) is 5.69 Å². The number of carbonyl (C=O) groups excluding carboxylic acids is 2. The van der Waals surface area contributed by atoms with Crippen LogP contribution < -0.4 is 10.6 Å². The van der Waals surface area contributed by atoms with Gasteiger partial charge in [-0.2, -0.15) is 0 Å². The van der Waals surface area contributed by atoms with E-state index in [1.807, 2.05) is 37.3 Å². The molecule has 1 unspecified atom stereocenters. The van der Waals surface area contributed by atoms with Crippen LogP contribution in [0.3, 0.4) is 0 Å². The Balaban J connectivity index is 0.00000280. The highest BCUT2D eigenvalue weighted by atomic mass is 35.5. The van der Waals surface area contributed by atoms with Crippen molar-refractivity contribution in [2.45, 2.75) is 32.4 Å². The molecule has 2 aromatic rings. The summed E-state index contributed by atoms with van der Waals surface area (Å²) in [5.41, 5.74) is 2.03. The van der Waals surface area contributed by atoms with Gasteiger partial charge in [0.1, 0.15) is 0 Å². The number of amides is 2. The number of benzene rings is 2. The average Bonchev–Trinajstić information content (AvgIpc) is 3.23. The molecule has 2 aromatic carbocycles. The molecule has 0 bridgehead atoms. The largest absolute Gasteiger partial charge is 0.335 e. The molecule has 7 heteroatoms. The number of hydrogen-bond donors (Lipinski definition) is 2. The second-order valence-corrected chi connectivity index (χ2v) is 7.04. The molecule has 0 saturated carbocycles. The van der Waals surface area contributed by atoms with Gasteiger partial charge in [0.05, 0.1) is 16.6 Å². The molecule has 1 aliphatic heterocycles. The summed E-state index contributed by atoms with van der Waals surface area (Å²) in [6.45, 7) is 3.86. The highest BCUT2D eigenvalue weighted by Gasteiger charge is 2.23. The first-order chi connectivity index (χ1) is 13.1. The van der Waals surface area contributed by atoms with Crippen LogP contribution in [0.15, 0.2) is 48.5 Å². The third-order valence-corrected chi connectivity index (χ3v) is 5.06. The molecule has 28 heavy (non-hydrogen) atoms. The molecule has 1 heterocycles. The third-order valence-electron chi connectivity index (χ3n) is 4.73. The molecule has 0 spiro atoms. The van der Waals surface area contributed by atoms with E-state index in [4.69, 9.17) is 11.6 Å². The summed E-state index contributed by atoms with van der Waals surface area (Å²) in [5, 5.41) is 6.43. The fourth-order valence-corrected chi connectivity index (χ4v) is 3.40. The smallest absolute Gasteiger partial charge is 0.255 e. The first-order valence-electron chi connectivity index (χ1n) is 9.25. The van der Waals surface area contributed by atoms with E-state index in [1.165, 1.54) is 0 Å². The van der Waals surface area contributed by atoms with Gasteiger partial charge in [0.25, 0.3) is 5.91 Å². The number of hydrogen-bond acceptors (Lipinski definition) is 3. The van der Waals surface area contributed by atoms with Gasteiger partial charge in [-0.25, -0.2) is 0 Å². The second-order valence-electron chi connectivity index (χ2n) is 6.64. The lowest BCUT2D eigenvalue weighted by atomic mass is 10.1. The fraction of sp³-hybridized carbons (Fsp3) is 0.333. The molecule has 0 aromatic heterocycles. The van der Waals surface area contributed by atoms with Crippen LogP contribution >= 0.6 is 24.0 Å². The maximum absolute atomic E-state index is 13.0. The van der Waals surface area contributed by atoms with Crippen molar-refractivity contribution in [3.8, 4) is 0 Å². The minimum Gasteiger partial charge on any atom is -0.335 e. The molecule has 2 amide bonds. The third kappa shape index (κ3) is 5.47. The zero-order chi connectivity index (χ0) is 19.2. The van der Waals surface area contributed by atoms with Crippen molar-refractivity contribution in [1.82, 2.24) is 10.2 Å². The monoisotopic (exact) mass is 421 g/mol. The van der Waals surface area contributed by atoms with Crippen LogP contribution in [0.2, 0.25) is 5.02 Å². The summed E-state index contributed by atoms with van der Waals surface area (Å²) >= 11 is 6.29. The van der Waals surface area contributed by atoms with Gasteiger partial charge in [-0.15, -0.1) is 12.4 Å². The summed E-state index contributed by atoms with van der Waals surface area (Å²) in [6, 6.07) is 14.7. The van der Waals surface area contributed by atoms with Crippen molar-refractivity contribution in [2.24, 2.45) is 0 Å². The van der Waals surface area contributed by atoms with Crippen LogP contribution in [0.25, 0.3) is 0 Å². The van der Waals surface area contributed by atoms with Crippen LogP contribution in [-0.4, -0.2) is 35.8 Å². The van der Waals surface area contributed by atoms with Crippen LogP contribution in [0.5, 0.6) is 0 Å². The average molecular weight is 422 g/mol. The number of carbonyl (C=O) groups is 2. The maximum Gasteiger partial charge on any atom is 0.255 e. The molecular weight excluding hydrogens is 397 g/mol. The standard InChI is InChI=1S/C21H24ClN3O2.ClH/c1-2-25(14-15-7-4-3-5-8-15)21(27)17-13-16(10-11-18(17)22)24-20(26)19-9-6-12-23-19;/h3-5,7-8,10-11,13,19,23H,2,6,9,12,14H2,1H3,(H,24,26);1H. The summed E-state index contributed by atoms with van der Waals surface area (Å²) < 4.78 is 0. The molecule has 5 nitrogen and oxygen atoms in total. The Kier molecular flexibility index (Phi) is 8.30. The van der Waals surface area contributed by atoms with Crippen LogP contribution in [0, 0.1) is 0 Å². The highest BCUT2D eigenvalue weighted by molar-refractivity contribution is 6.34. The molecular formula is C21H25Cl2N3O2. The molecule has 1 saturated heterocycles. The first kappa shape index (κ1) is 22.2. The van der Waals surface area contributed by atoms with E-state index in [0.29, 0.717) is 29.4 Å². The van der Waals surface area contributed by atoms with Gasteiger partial charge in [0.15, 0.2) is 0 Å². The fourth-order valence-electron chi connectivity index (χ4n) is 3.21. The summed E-state index contributed by atoms with van der Waals surface area (Å²) in [5.74, 6) is -0.230. The lowest BCUT2D eigenvalue weighted by Crippen LogP contribution is -2.35. The Labute approximate surface area is 176 Å².